The molecule has 464 valence electrons. The number of hydrogen-bond acceptors (Lipinski definition) is 20. The van der Waals surface area contributed by atoms with Crippen LogP contribution in [0.25, 0.3) is 0 Å². The molecule has 23 N–H and O–H groups in total. The van der Waals surface area contributed by atoms with Gasteiger partial charge in [-0.25, -0.2) is 4.79 Å². The van der Waals surface area contributed by atoms with Crippen LogP contribution in [0.1, 0.15) is 97.0 Å². The highest BCUT2D eigenvalue weighted by molar-refractivity contribution is 5.96. The smallest absolute Gasteiger partial charge is 0.326 e. The topological polar surface area (TPSA) is 516 Å². The molecule has 1 aliphatic carbocycles. The lowest BCUT2D eigenvalue weighted by Gasteiger charge is -2.46. The van der Waals surface area contributed by atoms with Gasteiger partial charge in [-0.15, -0.1) is 0 Å². The van der Waals surface area contributed by atoms with Crippen molar-refractivity contribution >= 4 is 47.4 Å². The first kappa shape index (κ1) is 68.6. The second kappa shape index (κ2) is 34.0. The Labute approximate surface area is 475 Å². The van der Waals surface area contributed by atoms with Crippen LogP contribution in [0.3, 0.4) is 0 Å². The molecule has 18 atom stereocenters. The summed E-state index contributed by atoms with van der Waals surface area (Å²) in [7, 11) is 0. The van der Waals surface area contributed by atoms with Gasteiger partial charge in [-0.1, -0.05) is 82.7 Å². The van der Waals surface area contributed by atoms with Crippen LogP contribution < -0.4 is 55.3 Å². The van der Waals surface area contributed by atoms with E-state index in [0.29, 0.717) is 24.8 Å². The fraction of sp³-hybridized carbons (Fsp3) is 0.731. The van der Waals surface area contributed by atoms with Gasteiger partial charge in [-0.2, -0.15) is 0 Å². The van der Waals surface area contributed by atoms with E-state index in [9.17, 15) is 69.6 Å². The third kappa shape index (κ3) is 20.8. The molecule has 4 rings (SSSR count). The fourth-order valence-corrected chi connectivity index (χ4v) is 9.79. The molecule has 82 heavy (non-hydrogen) atoms. The van der Waals surface area contributed by atoms with Gasteiger partial charge in [-0.3, -0.25) is 34.0 Å². The van der Waals surface area contributed by atoms with Gasteiger partial charge >= 0.3 is 5.97 Å². The van der Waals surface area contributed by atoms with E-state index in [-0.39, 0.29) is 69.5 Å². The summed E-state index contributed by atoms with van der Waals surface area (Å²) in [5, 5.41) is 96.4. The highest BCUT2D eigenvalue weighted by Crippen LogP contribution is 2.31. The summed E-state index contributed by atoms with van der Waals surface area (Å²) in [6, 6.07) is 0.303. The number of nitrogens with two attached hydrogens (primary N) is 5. The van der Waals surface area contributed by atoms with Gasteiger partial charge in [0.05, 0.1) is 19.3 Å². The molecule has 2 aliphatic heterocycles. The molecule has 5 amide bonds. The van der Waals surface area contributed by atoms with Crippen LogP contribution in [-0.2, 0) is 54.1 Å². The van der Waals surface area contributed by atoms with Gasteiger partial charge in [0.25, 0.3) is 0 Å². The van der Waals surface area contributed by atoms with Crippen LogP contribution in [0, 0.1) is 11.8 Å². The number of nitrogens with one attached hydrogen (secondary N) is 5. The Morgan fingerprint density at radius 1 is 0.646 bits per heavy atom. The third-order valence-electron chi connectivity index (χ3n) is 14.9. The summed E-state index contributed by atoms with van der Waals surface area (Å²) in [5.74, 6) is -6.49. The number of hydrogen-bond donors (Lipinski definition) is 18. The van der Waals surface area contributed by atoms with Crippen molar-refractivity contribution in [3.63, 3.8) is 0 Å². The molecular weight excluding hydrogens is 1080 g/mol. The first-order valence-corrected chi connectivity index (χ1v) is 27.8. The summed E-state index contributed by atoms with van der Waals surface area (Å²) in [5.41, 5.74) is 29.3. The number of carboxylic acids is 1. The van der Waals surface area contributed by atoms with Gasteiger partial charge in [0.15, 0.2) is 24.5 Å². The second-order valence-corrected chi connectivity index (χ2v) is 21.2. The molecule has 2 heterocycles. The molecular formula is C52H88N12O18. The maximum absolute atomic E-state index is 14.6. The number of benzene rings is 1. The van der Waals surface area contributed by atoms with Crippen molar-refractivity contribution < 1.29 is 88.6 Å². The molecule has 0 radical (unpaired) electrons. The lowest BCUT2D eigenvalue weighted by atomic mass is 9.84. The highest BCUT2D eigenvalue weighted by Gasteiger charge is 2.51. The van der Waals surface area contributed by atoms with Crippen molar-refractivity contribution in [1.82, 2.24) is 26.6 Å². The lowest BCUT2D eigenvalue weighted by molar-refractivity contribution is -0.362. The van der Waals surface area contributed by atoms with Crippen LogP contribution in [-0.4, -0.2) is 218 Å². The van der Waals surface area contributed by atoms with Gasteiger partial charge in [0.1, 0.15) is 85.1 Å². The van der Waals surface area contributed by atoms with Crippen LogP contribution >= 0.6 is 0 Å². The number of aliphatic carboxylic acids is 1. The fourth-order valence-electron chi connectivity index (χ4n) is 9.79. The summed E-state index contributed by atoms with van der Waals surface area (Å²) in [4.78, 5) is 91.8. The molecule has 0 bridgehead atoms. The number of aliphatic hydroxyl groups is 7. The monoisotopic (exact) mass is 1170 g/mol. The number of rotatable bonds is 32. The summed E-state index contributed by atoms with van der Waals surface area (Å²) >= 11 is 0. The van der Waals surface area contributed by atoms with Crippen LogP contribution in [0.5, 0.6) is 0 Å². The predicted molar refractivity (Wildman–Crippen MR) is 293 cm³/mol. The Morgan fingerprint density at radius 3 is 1.67 bits per heavy atom. The number of aliphatic hydroxyl groups excluding tert-OH is 7. The second-order valence-electron chi connectivity index (χ2n) is 21.2. The van der Waals surface area contributed by atoms with E-state index in [1.807, 2.05) is 0 Å². The molecule has 3 fully saturated rings. The van der Waals surface area contributed by atoms with Gasteiger partial charge < -0.3 is 115 Å². The Bertz CT molecular complexity index is 2240. The number of aliphatic imine (C=N–C) groups is 2. The zero-order chi connectivity index (χ0) is 60.8. The Hall–Kier alpha value is -5.90. The van der Waals surface area contributed by atoms with Gasteiger partial charge in [0, 0.05) is 19.5 Å². The van der Waals surface area contributed by atoms with Crippen molar-refractivity contribution in [2.24, 2.45) is 50.5 Å². The van der Waals surface area contributed by atoms with E-state index in [2.05, 4.69) is 36.6 Å². The summed E-state index contributed by atoms with van der Waals surface area (Å²) < 4.78 is 22.5. The van der Waals surface area contributed by atoms with E-state index in [1.54, 1.807) is 44.2 Å². The van der Waals surface area contributed by atoms with E-state index in [4.69, 9.17) is 47.6 Å². The van der Waals surface area contributed by atoms with Gasteiger partial charge in [0.2, 0.25) is 29.5 Å². The molecule has 0 aromatic heterocycles. The molecule has 1 aromatic carbocycles. The first-order valence-electron chi connectivity index (χ1n) is 27.8. The predicted octanol–water partition coefficient (Wildman–Crippen LogP) is -5.78. The van der Waals surface area contributed by atoms with Crippen LogP contribution in [0.15, 0.2) is 40.3 Å². The molecule has 30 nitrogen and oxygen atoms in total. The van der Waals surface area contributed by atoms with Gasteiger partial charge in [-0.05, 0) is 56.4 Å². The van der Waals surface area contributed by atoms with Crippen molar-refractivity contribution in [3.8, 4) is 0 Å². The third-order valence-corrected chi connectivity index (χ3v) is 14.9. The molecule has 0 spiro atoms. The highest BCUT2D eigenvalue weighted by atomic mass is 16.7. The summed E-state index contributed by atoms with van der Waals surface area (Å²) in [6.07, 6.45) is -14.2. The Morgan fingerprint density at radius 2 is 1.15 bits per heavy atom. The van der Waals surface area contributed by atoms with Crippen molar-refractivity contribution in [2.75, 3.05) is 26.3 Å². The number of amides is 5. The zero-order valence-corrected chi connectivity index (χ0v) is 46.6. The van der Waals surface area contributed by atoms with Crippen molar-refractivity contribution in [2.45, 2.75) is 202 Å². The van der Waals surface area contributed by atoms with Crippen molar-refractivity contribution in [1.29, 1.82) is 0 Å². The number of carbonyl (C=O) groups is 6. The first-order chi connectivity index (χ1) is 38.9. The molecule has 0 unspecified atom stereocenters. The minimum Gasteiger partial charge on any atom is -0.480 e. The van der Waals surface area contributed by atoms with Crippen LogP contribution in [0.2, 0.25) is 0 Å². The average Bonchev–Trinajstić information content (AvgIpc) is 3.57. The largest absolute Gasteiger partial charge is 0.480 e. The van der Waals surface area contributed by atoms with Crippen LogP contribution in [0.4, 0.5) is 0 Å². The van der Waals surface area contributed by atoms with Crippen molar-refractivity contribution in [3.05, 3.63) is 35.9 Å². The molecule has 2 saturated heterocycles. The number of guanidine groups is 2. The maximum Gasteiger partial charge on any atom is 0.326 e. The Kier molecular flexibility index (Phi) is 28.5. The number of carboxylic acid groups (broad SMARTS) is 1. The SMILES string of the molecule is CC[C@H](C)[C@H](NC(=O)[C@H](Cc1ccccc1)NC(=O)[C@H](CCCN=C(N)N)NC(=O)[C@H](CCCN=C(N)N)NC(=O)[C@H](CC1CCCCC1)NC(=O)[C@@H](N)[C@@H](C)O[C@H]1O[C@H](CO)[C@@H](O[C@@H]2O[C@H](CO)[C@H](O)[C@H](O)[C@H]2O)[C@H](O)[C@H]1O)C(=O)O. The van der Waals surface area contributed by atoms with E-state index in [1.165, 1.54) is 6.92 Å². The maximum atomic E-state index is 14.6. The number of nitrogens with zero attached hydrogens (tertiary/aromatic N) is 2. The van der Waals surface area contributed by atoms with E-state index >= 15 is 0 Å². The quantitative estimate of drug-likeness (QED) is 0.0182. The normalized spacial score (nSPS) is 26.9. The zero-order valence-electron chi connectivity index (χ0n) is 46.6. The standard InChI is InChI=1S/C52H88N12O18/c1-4-25(2)36(48(77)78)64-46(75)32(22-28-15-9-6-10-16-28)62-44(73)30(18-12-20-59-52(56)57)60-43(72)29(17-11-19-58-51(54)55)61-45(74)31(21-27-13-7-5-8-14-27)63-47(76)35(53)26(3)79-49-41(71)39(69)42(34(24-66)81-49)82-50-40(70)38(68)37(67)33(23-65)80-50/h6,9-10,15-16,25-27,29-42,49-50,65-71H,4-5,7-8,11-14,17-24,53H2,1-3H3,(H,60,72)(H,61,74)(H,62,73)(H,63,76)(H,64,75)(H,77,78)(H4,54,55,58)(H4,56,57,59)/t25-,26+,29-,30-,31-,32-,33+,34+,35-,36-,37-,38-,39+,40+,41+,42+,49-,50-/m0/s1. The molecule has 30 heteroatoms. The average molecular weight is 1170 g/mol. The summed E-state index contributed by atoms with van der Waals surface area (Å²) in [6.45, 7) is 3.16. The number of ether oxygens (including phenoxy) is 4. The minimum atomic E-state index is -1.96. The van der Waals surface area contributed by atoms with E-state index in [0.717, 1.165) is 19.3 Å². The van der Waals surface area contributed by atoms with E-state index < -0.39 is 158 Å². The molecule has 3 aliphatic rings. The molecule has 1 saturated carbocycles. The Balaban J connectivity index is 1.57. The minimum absolute atomic E-state index is 0.0189. The number of carbonyl (C=O) groups excluding carboxylic acids is 5. The molecule has 1 aromatic rings. The lowest BCUT2D eigenvalue weighted by Crippen LogP contribution is -2.65.